The van der Waals surface area contributed by atoms with Crippen LogP contribution in [-0.4, -0.2) is 81.1 Å². The largest absolute Gasteiger partial charge is 0.480 e. The molecular formula is C23H29N3O8. The van der Waals surface area contributed by atoms with Gasteiger partial charge >= 0.3 is 18.0 Å². The van der Waals surface area contributed by atoms with Crippen LogP contribution in [0.1, 0.15) is 44.1 Å². The van der Waals surface area contributed by atoms with E-state index in [1.54, 1.807) is 12.1 Å². The van der Waals surface area contributed by atoms with Crippen LogP contribution < -0.4 is 5.32 Å². The molecule has 1 aromatic rings. The minimum absolute atomic E-state index is 0.0538. The lowest BCUT2D eigenvalue weighted by Gasteiger charge is -2.25. The van der Waals surface area contributed by atoms with E-state index in [4.69, 9.17) is 4.74 Å². The van der Waals surface area contributed by atoms with Gasteiger partial charge in [-0.2, -0.15) is 0 Å². The van der Waals surface area contributed by atoms with E-state index in [1.165, 1.54) is 9.80 Å². The molecule has 0 spiro atoms. The number of carboxylic acids is 2. The standard InChI is InChI=1S/C23H29N3O8/c27-19(25-12-5-9-18(25)22(31)32)11-10-16(21(29)30)24-20(28)17-8-4-13-26(17)23(33)34-14-15-6-2-1-3-7-15/h1-3,6-7,16-18H,4-5,8-14H2,(H,24,28)(H,29,30)(H,31,32)/t16-,17?,18+/m1/s1. The van der Waals surface area contributed by atoms with Crippen LogP contribution in [0.25, 0.3) is 0 Å². The Morgan fingerprint density at radius 3 is 2.26 bits per heavy atom. The predicted molar refractivity (Wildman–Crippen MR) is 118 cm³/mol. The van der Waals surface area contributed by atoms with Gasteiger partial charge in [0.15, 0.2) is 0 Å². The van der Waals surface area contributed by atoms with Crippen LogP contribution in [0.4, 0.5) is 4.79 Å². The van der Waals surface area contributed by atoms with E-state index in [1.807, 2.05) is 18.2 Å². The number of likely N-dealkylation sites (tertiary alicyclic amines) is 2. The van der Waals surface area contributed by atoms with Crippen molar-refractivity contribution in [3.8, 4) is 0 Å². The fourth-order valence-electron chi connectivity index (χ4n) is 4.32. The Bertz CT molecular complexity index is 922. The van der Waals surface area contributed by atoms with Crippen molar-refractivity contribution in [3.05, 3.63) is 35.9 Å². The smallest absolute Gasteiger partial charge is 0.410 e. The van der Waals surface area contributed by atoms with E-state index in [2.05, 4.69) is 5.32 Å². The summed E-state index contributed by atoms with van der Waals surface area (Å²) in [4.78, 5) is 63.2. The minimum Gasteiger partial charge on any atom is -0.480 e. The molecule has 0 saturated carbocycles. The van der Waals surface area contributed by atoms with Crippen molar-refractivity contribution in [2.24, 2.45) is 0 Å². The highest BCUT2D eigenvalue weighted by Gasteiger charge is 2.38. The minimum atomic E-state index is -1.34. The van der Waals surface area contributed by atoms with Crippen LogP contribution in [0.5, 0.6) is 0 Å². The number of aliphatic carboxylic acids is 2. The summed E-state index contributed by atoms with van der Waals surface area (Å²) < 4.78 is 5.30. The molecule has 3 atom stereocenters. The Kier molecular flexibility index (Phi) is 8.44. The number of rotatable bonds is 9. The number of carbonyl (C=O) groups is 5. The molecule has 3 N–H and O–H groups in total. The molecule has 0 aromatic heterocycles. The third-order valence-electron chi connectivity index (χ3n) is 6.11. The molecule has 2 aliphatic rings. The normalized spacial score (nSPS) is 20.6. The van der Waals surface area contributed by atoms with E-state index >= 15 is 0 Å². The monoisotopic (exact) mass is 475 g/mol. The van der Waals surface area contributed by atoms with Crippen molar-refractivity contribution >= 4 is 29.8 Å². The fraction of sp³-hybridized carbons (Fsp3) is 0.522. The first kappa shape index (κ1) is 25.0. The van der Waals surface area contributed by atoms with Crippen molar-refractivity contribution < 1.29 is 38.9 Å². The van der Waals surface area contributed by atoms with E-state index < -0.39 is 48.0 Å². The Hall–Kier alpha value is -3.63. The Morgan fingerprint density at radius 1 is 0.971 bits per heavy atom. The van der Waals surface area contributed by atoms with Gasteiger partial charge in [0.1, 0.15) is 24.7 Å². The number of hydrogen-bond donors (Lipinski definition) is 3. The van der Waals surface area contributed by atoms with Gasteiger partial charge in [-0.15, -0.1) is 0 Å². The van der Waals surface area contributed by atoms with Crippen molar-refractivity contribution in [2.45, 2.75) is 63.3 Å². The van der Waals surface area contributed by atoms with Gasteiger partial charge in [0, 0.05) is 19.5 Å². The van der Waals surface area contributed by atoms with Gasteiger partial charge in [0.2, 0.25) is 11.8 Å². The Balaban J connectivity index is 1.53. The lowest BCUT2D eigenvalue weighted by Crippen LogP contribution is -2.51. The van der Waals surface area contributed by atoms with E-state index in [0.717, 1.165) is 5.56 Å². The maximum atomic E-state index is 12.8. The van der Waals surface area contributed by atoms with Gasteiger partial charge < -0.3 is 25.2 Å². The average molecular weight is 475 g/mol. The second-order valence-electron chi connectivity index (χ2n) is 8.41. The van der Waals surface area contributed by atoms with E-state index in [9.17, 15) is 34.2 Å². The fourth-order valence-corrected chi connectivity index (χ4v) is 4.32. The predicted octanol–water partition coefficient (Wildman–Crippen LogP) is 1.21. The second-order valence-corrected chi connectivity index (χ2v) is 8.41. The van der Waals surface area contributed by atoms with Gasteiger partial charge in [-0.05, 0) is 37.7 Å². The topological polar surface area (TPSA) is 154 Å². The number of nitrogens with one attached hydrogen (secondary N) is 1. The zero-order chi connectivity index (χ0) is 24.7. The van der Waals surface area contributed by atoms with Gasteiger partial charge in [-0.25, -0.2) is 14.4 Å². The summed E-state index contributed by atoms with van der Waals surface area (Å²) in [6, 6.07) is 5.98. The average Bonchev–Trinajstić information content (AvgIpc) is 3.50. The lowest BCUT2D eigenvalue weighted by molar-refractivity contribution is -0.148. The zero-order valence-corrected chi connectivity index (χ0v) is 18.7. The number of benzene rings is 1. The molecule has 3 amide bonds. The molecule has 11 nitrogen and oxygen atoms in total. The second kappa shape index (κ2) is 11.5. The van der Waals surface area contributed by atoms with Crippen LogP contribution in [0.3, 0.4) is 0 Å². The van der Waals surface area contributed by atoms with Crippen molar-refractivity contribution in [1.82, 2.24) is 15.1 Å². The summed E-state index contributed by atoms with van der Waals surface area (Å²) in [6.45, 7) is 0.674. The summed E-state index contributed by atoms with van der Waals surface area (Å²) >= 11 is 0. The number of amides is 3. The van der Waals surface area contributed by atoms with Crippen molar-refractivity contribution in [2.75, 3.05) is 13.1 Å². The highest BCUT2D eigenvalue weighted by molar-refractivity contribution is 5.90. The molecule has 184 valence electrons. The van der Waals surface area contributed by atoms with Gasteiger partial charge in [0.25, 0.3) is 0 Å². The molecule has 2 saturated heterocycles. The first-order valence-electron chi connectivity index (χ1n) is 11.3. The van der Waals surface area contributed by atoms with Gasteiger partial charge in [-0.3, -0.25) is 14.5 Å². The maximum Gasteiger partial charge on any atom is 0.410 e. The third-order valence-corrected chi connectivity index (χ3v) is 6.11. The summed E-state index contributed by atoms with van der Waals surface area (Å²) in [5, 5.41) is 21.2. The Labute approximate surface area is 196 Å². The SMILES string of the molecule is O=C(N[C@H](CCC(=O)N1CCC[C@H]1C(=O)O)C(=O)O)C1CCCN1C(=O)OCc1ccccc1. The molecule has 2 aliphatic heterocycles. The molecule has 0 bridgehead atoms. The summed E-state index contributed by atoms with van der Waals surface area (Å²) in [6.07, 6.45) is 0.809. The summed E-state index contributed by atoms with van der Waals surface area (Å²) in [7, 11) is 0. The van der Waals surface area contributed by atoms with Crippen LogP contribution in [0.15, 0.2) is 30.3 Å². The molecule has 3 rings (SSSR count). The number of carboxylic acid groups (broad SMARTS) is 2. The first-order valence-corrected chi connectivity index (χ1v) is 11.3. The maximum absolute atomic E-state index is 12.8. The Morgan fingerprint density at radius 2 is 1.62 bits per heavy atom. The quantitative estimate of drug-likeness (QED) is 0.482. The highest BCUT2D eigenvalue weighted by Crippen LogP contribution is 2.21. The molecule has 34 heavy (non-hydrogen) atoms. The van der Waals surface area contributed by atoms with E-state index in [0.29, 0.717) is 38.8 Å². The number of nitrogens with zero attached hydrogens (tertiary/aromatic N) is 2. The van der Waals surface area contributed by atoms with Crippen LogP contribution in [-0.2, 0) is 30.5 Å². The summed E-state index contributed by atoms with van der Waals surface area (Å²) in [5.74, 6) is -3.49. The molecule has 0 aliphatic carbocycles. The number of ether oxygens (including phenoxy) is 1. The molecule has 0 radical (unpaired) electrons. The van der Waals surface area contributed by atoms with Gasteiger partial charge in [-0.1, -0.05) is 30.3 Å². The third kappa shape index (κ3) is 6.24. The zero-order valence-electron chi connectivity index (χ0n) is 18.7. The number of hydrogen-bond acceptors (Lipinski definition) is 6. The van der Waals surface area contributed by atoms with E-state index in [-0.39, 0.29) is 19.4 Å². The van der Waals surface area contributed by atoms with Crippen LogP contribution >= 0.6 is 0 Å². The molecule has 1 unspecified atom stereocenters. The van der Waals surface area contributed by atoms with Gasteiger partial charge in [0.05, 0.1) is 0 Å². The molecule has 2 fully saturated rings. The molecule has 11 heteroatoms. The van der Waals surface area contributed by atoms with Crippen molar-refractivity contribution in [1.29, 1.82) is 0 Å². The summed E-state index contributed by atoms with van der Waals surface area (Å²) in [5.41, 5.74) is 0.801. The van der Waals surface area contributed by atoms with Crippen molar-refractivity contribution in [3.63, 3.8) is 0 Å². The molecule has 1 aromatic carbocycles. The lowest BCUT2D eigenvalue weighted by atomic mass is 10.1. The molecular weight excluding hydrogens is 446 g/mol. The number of carbonyl (C=O) groups excluding carboxylic acids is 3. The van der Waals surface area contributed by atoms with Crippen LogP contribution in [0, 0.1) is 0 Å². The first-order chi connectivity index (χ1) is 16.3. The van der Waals surface area contributed by atoms with Crippen LogP contribution in [0.2, 0.25) is 0 Å². The molecule has 2 heterocycles. The highest BCUT2D eigenvalue weighted by atomic mass is 16.6.